The van der Waals surface area contributed by atoms with Gasteiger partial charge < -0.3 is 0 Å². The third-order valence-electron chi connectivity index (χ3n) is 7.10. The molecule has 4 aromatic heterocycles. The van der Waals surface area contributed by atoms with E-state index in [1.807, 2.05) is 57.3 Å². The molecule has 0 radical (unpaired) electrons. The van der Waals surface area contributed by atoms with Crippen LogP contribution < -0.4 is 0 Å². The third-order valence-corrected chi connectivity index (χ3v) is 7.51. The Morgan fingerprint density at radius 3 is 1.35 bits per heavy atom. The van der Waals surface area contributed by atoms with Crippen LogP contribution in [0.5, 0.6) is 0 Å². The standard InChI is InChI=1S/C19H17ClN2.C18H15ClN2.2O2S/c1-12-4-7-15(8-5-12)18-10-16(20)11-21-19(18)17-9-6-13(2)22-14(17)3;1-12-3-6-14(7-4-12)17-9-16(19)11-21-18(17)15-8-5-13(2)20-10-15;2*1-3-2/h4-11H,1-3H3;3-11H,1-2H3;;. The maximum absolute atomic E-state index is 8.29. The van der Waals surface area contributed by atoms with Crippen LogP contribution in [0.2, 0.25) is 10.0 Å². The summed E-state index contributed by atoms with van der Waals surface area (Å²) in [7, 11) is 0. The van der Waals surface area contributed by atoms with Crippen LogP contribution in [0.4, 0.5) is 0 Å². The van der Waals surface area contributed by atoms with Crippen LogP contribution in [0.25, 0.3) is 44.8 Å². The van der Waals surface area contributed by atoms with E-state index >= 15 is 0 Å². The maximum Gasteiger partial charge on any atom is 0.335 e. The molecule has 0 atom stereocenters. The van der Waals surface area contributed by atoms with Crippen LogP contribution in [0.1, 0.15) is 28.2 Å². The number of aromatic nitrogens is 4. The van der Waals surface area contributed by atoms with Crippen molar-refractivity contribution in [2.45, 2.75) is 34.6 Å². The van der Waals surface area contributed by atoms with Gasteiger partial charge in [-0.25, -0.2) is 0 Å². The van der Waals surface area contributed by atoms with Crippen LogP contribution in [0, 0.1) is 34.6 Å². The van der Waals surface area contributed by atoms with Gasteiger partial charge in [0.25, 0.3) is 0 Å². The zero-order chi connectivity index (χ0) is 35.9. The summed E-state index contributed by atoms with van der Waals surface area (Å²) in [6, 6.07) is 28.8. The highest BCUT2D eigenvalue weighted by atomic mass is 35.5. The van der Waals surface area contributed by atoms with Gasteiger partial charge in [0.15, 0.2) is 0 Å². The van der Waals surface area contributed by atoms with E-state index in [1.54, 1.807) is 12.4 Å². The minimum absolute atomic E-state index is 0.634. The number of benzene rings is 2. The van der Waals surface area contributed by atoms with Gasteiger partial charge in [-0.15, -0.1) is 0 Å². The predicted molar refractivity (Wildman–Crippen MR) is 197 cm³/mol. The van der Waals surface area contributed by atoms with Crippen molar-refractivity contribution in [2.75, 3.05) is 0 Å². The van der Waals surface area contributed by atoms with Gasteiger partial charge in [-0.1, -0.05) is 82.9 Å². The summed E-state index contributed by atoms with van der Waals surface area (Å²) in [5.74, 6) is 0. The Kier molecular flexibility index (Phi) is 15.2. The molecule has 49 heavy (non-hydrogen) atoms. The first-order valence-corrected chi connectivity index (χ1v) is 16.8. The fraction of sp³-hybridized carbons (Fsp3) is 0.135. The van der Waals surface area contributed by atoms with E-state index in [-0.39, 0.29) is 0 Å². The molecular formula is C37H32Cl2N4O4S2. The summed E-state index contributed by atoms with van der Waals surface area (Å²) in [5.41, 5.74) is 13.5. The monoisotopic (exact) mass is 730 g/mol. The minimum atomic E-state index is -0.750. The lowest BCUT2D eigenvalue weighted by Crippen LogP contribution is -1.95. The smallest absolute Gasteiger partial charge is 0.261 e. The van der Waals surface area contributed by atoms with E-state index < -0.39 is 23.1 Å². The van der Waals surface area contributed by atoms with Gasteiger partial charge in [0.2, 0.25) is 0 Å². The Morgan fingerprint density at radius 2 is 0.898 bits per heavy atom. The molecule has 250 valence electrons. The first-order valence-electron chi connectivity index (χ1n) is 14.7. The number of aryl methyl sites for hydroxylation is 5. The van der Waals surface area contributed by atoms with Crippen molar-refractivity contribution in [2.24, 2.45) is 0 Å². The molecule has 8 nitrogen and oxygen atoms in total. The summed E-state index contributed by atoms with van der Waals surface area (Å²) < 4.78 is 33.2. The summed E-state index contributed by atoms with van der Waals surface area (Å²) in [6.45, 7) is 10.1. The largest absolute Gasteiger partial charge is 0.335 e. The Morgan fingerprint density at radius 1 is 0.469 bits per heavy atom. The maximum atomic E-state index is 8.29. The molecule has 0 bridgehead atoms. The molecular weight excluding hydrogens is 699 g/mol. The second-order valence-electron chi connectivity index (χ2n) is 10.7. The highest BCUT2D eigenvalue weighted by Gasteiger charge is 2.13. The number of hydrogen-bond acceptors (Lipinski definition) is 8. The highest BCUT2D eigenvalue weighted by Crippen LogP contribution is 2.34. The number of nitrogens with zero attached hydrogens (tertiary/aromatic N) is 4. The van der Waals surface area contributed by atoms with Crippen molar-refractivity contribution >= 4 is 46.3 Å². The minimum Gasteiger partial charge on any atom is -0.261 e. The number of hydrogen-bond donors (Lipinski definition) is 0. The first kappa shape index (κ1) is 38.7. The quantitative estimate of drug-likeness (QED) is 0.176. The second kappa shape index (κ2) is 19.3. The average molecular weight is 732 g/mol. The van der Waals surface area contributed by atoms with Crippen LogP contribution in [-0.2, 0) is 23.1 Å². The van der Waals surface area contributed by atoms with Crippen LogP contribution in [0.15, 0.2) is 104 Å². The van der Waals surface area contributed by atoms with Crippen LogP contribution in [-0.4, -0.2) is 36.8 Å². The summed E-state index contributed by atoms with van der Waals surface area (Å²) in [5, 5.41) is 1.27. The third kappa shape index (κ3) is 11.4. The Bertz CT molecular complexity index is 2070. The molecule has 0 aliphatic rings. The molecule has 6 rings (SSSR count). The molecule has 0 N–H and O–H groups in total. The molecule has 0 fully saturated rings. The van der Waals surface area contributed by atoms with Crippen molar-refractivity contribution in [3.63, 3.8) is 0 Å². The molecule has 2 aromatic carbocycles. The normalized spacial score (nSPS) is 9.86. The lowest BCUT2D eigenvalue weighted by atomic mass is 9.98. The van der Waals surface area contributed by atoms with Crippen LogP contribution >= 0.6 is 23.2 Å². The average Bonchev–Trinajstić information content (AvgIpc) is 3.07. The molecule has 12 heteroatoms. The van der Waals surface area contributed by atoms with E-state index in [0.29, 0.717) is 10.0 Å². The van der Waals surface area contributed by atoms with Gasteiger partial charge in [0.1, 0.15) is 0 Å². The number of halogens is 2. The zero-order valence-electron chi connectivity index (χ0n) is 27.3. The van der Waals surface area contributed by atoms with E-state index in [4.69, 9.17) is 40.0 Å². The predicted octanol–water partition coefficient (Wildman–Crippen LogP) is 9.13. The van der Waals surface area contributed by atoms with Gasteiger partial charge in [-0.2, -0.15) is 16.8 Å². The van der Waals surface area contributed by atoms with Gasteiger partial charge in [-0.3, -0.25) is 19.9 Å². The van der Waals surface area contributed by atoms with Gasteiger partial charge in [0.05, 0.1) is 21.4 Å². The van der Waals surface area contributed by atoms with Gasteiger partial charge >= 0.3 is 23.1 Å². The Balaban J connectivity index is 0.000000229. The lowest BCUT2D eigenvalue weighted by Gasteiger charge is -2.12. The van der Waals surface area contributed by atoms with E-state index in [2.05, 4.69) is 88.4 Å². The lowest BCUT2D eigenvalue weighted by molar-refractivity contribution is 0.628. The molecule has 0 amide bonds. The van der Waals surface area contributed by atoms with Crippen molar-refractivity contribution < 1.29 is 16.8 Å². The van der Waals surface area contributed by atoms with Crippen molar-refractivity contribution in [3.05, 3.63) is 142 Å². The summed E-state index contributed by atoms with van der Waals surface area (Å²) in [4.78, 5) is 18.0. The molecule has 0 aliphatic heterocycles. The Hall–Kier alpha value is -4.74. The number of rotatable bonds is 4. The molecule has 0 aliphatic carbocycles. The van der Waals surface area contributed by atoms with E-state index in [0.717, 1.165) is 61.9 Å². The van der Waals surface area contributed by atoms with Gasteiger partial charge in [-0.05, 0) is 82.1 Å². The van der Waals surface area contributed by atoms with Crippen molar-refractivity contribution in [1.82, 2.24) is 19.9 Å². The molecule has 4 heterocycles. The molecule has 6 aromatic rings. The molecule has 0 saturated heterocycles. The SMILES string of the molecule is Cc1ccc(-c2cc(Cl)cnc2-c2ccc(C)nc2)cc1.Cc1ccc(-c2cc(Cl)cnc2-c2ccc(C)nc2C)cc1.O=S=O.O=S=O. The highest BCUT2D eigenvalue weighted by molar-refractivity contribution is 7.51. The fourth-order valence-corrected chi connectivity index (χ4v) is 5.09. The fourth-order valence-electron chi connectivity index (χ4n) is 4.77. The molecule has 0 unspecified atom stereocenters. The zero-order valence-corrected chi connectivity index (χ0v) is 30.5. The number of pyridine rings is 4. The molecule has 0 saturated carbocycles. The second-order valence-corrected chi connectivity index (χ2v) is 11.9. The summed E-state index contributed by atoms with van der Waals surface area (Å²) in [6.07, 6.45) is 5.21. The first-order chi connectivity index (χ1) is 23.5. The van der Waals surface area contributed by atoms with Crippen LogP contribution in [0.3, 0.4) is 0 Å². The van der Waals surface area contributed by atoms with Crippen molar-refractivity contribution in [1.29, 1.82) is 0 Å². The van der Waals surface area contributed by atoms with Crippen molar-refractivity contribution in [3.8, 4) is 44.8 Å². The van der Waals surface area contributed by atoms with E-state index in [9.17, 15) is 0 Å². The Labute approximate surface area is 302 Å². The molecule has 0 spiro atoms. The summed E-state index contributed by atoms with van der Waals surface area (Å²) >= 11 is 10.8. The topological polar surface area (TPSA) is 120 Å². The van der Waals surface area contributed by atoms with E-state index in [1.165, 1.54) is 11.1 Å². The van der Waals surface area contributed by atoms with Gasteiger partial charge in [0, 0.05) is 57.9 Å².